The monoisotopic (exact) mass is 217 g/mol. The summed E-state index contributed by atoms with van der Waals surface area (Å²) in [5, 5.41) is 8.93. The number of fused-ring (bicyclic) bond motifs is 1. The Hall–Kier alpha value is -1.49. The highest BCUT2D eigenvalue weighted by Crippen LogP contribution is 2.31. The van der Waals surface area contributed by atoms with Gasteiger partial charge >= 0.3 is 0 Å². The lowest BCUT2D eigenvalue weighted by atomic mass is 9.95. The molecule has 1 aromatic carbocycles. The highest BCUT2D eigenvalue weighted by atomic mass is 16.5. The van der Waals surface area contributed by atoms with Gasteiger partial charge in [0.2, 0.25) is 0 Å². The van der Waals surface area contributed by atoms with Crippen molar-refractivity contribution < 1.29 is 4.74 Å². The lowest BCUT2D eigenvalue weighted by Gasteiger charge is -2.20. The molecule has 2 rings (SSSR count). The summed E-state index contributed by atoms with van der Waals surface area (Å²) >= 11 is 0. The van der Waals surface area contributed by atoms with E-state index in [1.165, 1.54) is 11.1 Å². The maximum absolute atomic E-state index is 8.93. The maximum atomic E-state index is 8.93. The number of rotatable bonds is 1. The third kappa shape index (κ3) is 2.36. The van der Waals surface area contributed by atoms with E-state index < -0.39 is 0 Å². The third-order valence-electron chi connectivity index (χ3n) is 2.68. The summed E-state index contributed by atoms with van der Waals surface area (Å²) in [7, 11) is 0. The Morgan fingerprint density at radius 2 is 2.12 bits per heavy atom. The fourth-order valence-corrected chi connectivity index (χ4v) is 1.95. The van der Waals surface area contributed by atoms with Gasteiger partial charge in [-0.1, -0.05) is 26.8 Å². The first-order valence-electron chi connectivity index (χ1n) is 6.04. The predicted molar refractivity (Wildman–Crippen MR) is 65.7 cm³/mol. The maximum Gasteiger partial charge on any atom is 0.140 e. The van der Waals surface area contributed by atoms with Gasteiger partial charge in [-0.3, -0.25) is 0 Å². The largest absolute Gasteiger partial charge is 0.492 e. The van der Waals surface area contributed by atoms with E-state index in [4.69, 9.17) is 10.00 Å². The Morgan fingerprint density at radius 3 is 2.75 bits per heavy atom. The molecule has 1 aliphatic rings. The lowest BCUT2D eigenvalue weighted by Crippen LogP contribution is -2.11. The molecular weight excluding hydrogens is 198 g/mol. The molecule has 16 heavy (non-hydrogen) atoms. The first kappa shape index (κ1) is 12.6. The lowest BCUT2D eigenvalue weighted by molar-refractivity contribution is 0.286. The van der Waals surface area contributed by atoms with Crippen molar-refractivity contribution >= 4 is 0 Å². The van der Waals surface area contributed by atoms with Crippen LogP contribution in [0.2, 0.25) is 0 Å². The van der Waals surface area contributed by atoms with Crippen molar-refractivity contribution in [2.45, 2.75) is 40.0 Å². The predicted octanol–water partition coefficient (Wildman–Crippen LogP) is 3.47. The number of nitriles is 1. The molecule has 0 N–H and O–H groups in total. The van der Waals surface area contributed by atoms with E-state index in [9.17, 15) is 0 Å². The number of nitrogens with zero attached hydrogens (tertiary/aromatic N) is 1. The molecule has 0 spiro atoms. The van der Waals surface area contributed by atoms with Crippen molar-refractivity contribution in [2.75, 3.05) is 6.61 Å². The van der Waals surface area contributed by atoms with Crippen LogP contribution in [0.15, 0.2) is 12.1 Å². The van der Waals surface area contributed by atoms with Crippen LogP contribution in [0.5, 0.6) is 5.75 Å². The molecule has 2 nitrogen and oxygen atoms in total. The number of ether oxygens (including phenoxy) is 1. The first-order valence-corrected chi connectivity index (χ1v) is 6.04. The second-order valence-corrected chi connectivity index (χ2v) is 3.50. The van der Waals surface area contributed by atoms with E-state index in [1.807, 2.05) is 26.0 Å². The first-order chi connectivity index (χ1) is 7.86. The summed E-state index contributed by atoms with van der Waals surface area (Å²) in [6.07, 6.45) is 3.13. The fourth-order valence-electron chi connectivity index (χ4n) is 1.95. The Bertz CT molecular complexity index is 390. The number of hydrogen-bond donors (Lipinski definition) is 0. The summed E-state index contributed by atoms with van der Waals surface area (Å²) < 4.78 is 5.57. The van der Waals surface area contributed by atoms with Crippen molar-refractivity contribution in [3.05, 3.63) is 28.8 Å². The van der Waals surface area contributed by atoms with Crippen LogP contribution >= 0.6 is 0 Å². The van der Waals surface area contributed by atoms with E-state index in [1.54, 1.807) is 0 Å². The number of benzene rings is 1. The zero-order chi connectivity index (χ0) is 12.0. The average Bonchev–Trinajstić information content (AvgIpc) is 2.39. The van der Waals surface area contributed by atoms with Gasteiger partial charge in [-0.05, 0) is 36.5 Å². The summed E-state index contributed by atoms with van der Waals surface area (Å²) in [5.74, 6) is 0.832. The number of aryl methyl sites for hydroxylation is 1. The van der Waals surface area contributed by atoms with Gasteiger partial charge in [-0.2, -0.15) is 5.26 Å². The zero-order valence-electron chi connectivity index (χ0n) is 10.3. The SMILES string of the molecule is CC.CCc1ccc(C#N)c2c1CCCO2. The van der Waals surface area contributed by atoms with Gasteiger partial charge in [-0.15, -0.1) is 0 Å². The van der Waals surface area contributed by atoms with E-state index in [0.29, 0.717) is 5.56 Å². The molecule has 0 aromatic heterocycles. The van der Waals surface area contributed by atoms with Gasteiger partial charge in [-0.25, -0.2) is 0 Å². The highest BCUT2D eigenvalue weighted by Gasteiger charge is 2.17. The second kappa shape index (κ2) is 6.17. The average molecular weight is 217 g/mol. The van der Waals surface area contributed by atoms with E-state index in [0.717, 1.165) is 31.6 Å². The molecule has 1 aliphatic heterocycles. The summed E-state index contributed by atoms with van der Waals surface area (Å²) in [6.45, 7) is 6.88. The van der Waals surface area contributed by atoms with Gasteiger partial charge in [0, 0.05) is 0 Å². The second-order valence-electron chi connectivity index (χ2n) is 3.50. The molecular formula is C14H19NO. The molecule has 86 valence electrons. The molecule has 0 amide bonds. The molecule has 0 atom stereocenters. The van der Waals surface area contributed by atoms with Crippen LogP contribution in [0.1, 0.15) is 43.9 Å². The van der Waals surface area contributed by atoms with Crippen LogP contribution in [-0.2, 0) is 12.8 Å². The van der Waals surface area contributed by atoms with Gasteiger partial charge in [0.15, 0.2) is 0 Å². The molecule has 0 saturated heterocycles. The van der Waals surface area contributed by atoms with Crippen molar-refractivity contribution in [3.8, 4) is 11.8 Å². The number of hydrogen-bond acceptors (Lipinski definition) is 2. The molecule has 0 saturated carbocycles. The van der Waals surface area contributed by atoms with Crippen molar-refractivity contribution in [1.82, 2.24) is 0 Å². The molecule has 0 aliphatic carbocycles. The van der Waals surface area contributed by atoms with E-state index in [-0.39, 0.29) is 0 Å². The minimum Gasteiger partial charge on any atom is -0.492 e. The quantitative estimate of drug-likeness (QED) is 0.721. The van der Waals surface area contributed by atoms with Gasteiger partial charge in [0.1, 0.15) is 11.8 Å². The zero-order valence-corrected chi connectivity index (χ0v) is 10.3. The summed E-state index contributed by atoms with van der Waals surface area (Å²) in [6, 6.07) is 6.09. The smallest absolute Gasteiger partial charge is 0.140 e. The third-order valence-corrected chi connectivity index (χ3v) is 2.68. The van der Waals surface area contributed by atoms with Crippen LogP contribution in [0.25, 0.3) is 0 Å². The van der Waals surface area contributed by atoms with Gasteiger partial charge in [0.25, 0.3) is 0 Å². The molecule has 1 heterocycles. The Balaban J connectivity index is 0.000000606. The Morgan fingerprint density at radius 1 is 1.38 bits per heavy atom. The van der Waals surface area contributed by atoms with Crippen molar-refractivity contribution in [1.29, 1.82) is 5.26 Å². The topological polar surface area (TPSA) is 33.0 Å². The molecule has 0 fully saturated rings. The van der Waals surface area contributed by atoms with Crippen LogP contribution in [0.3, 0.4) is 0 Å². The normalized spacial score (nSPS) is 12.6. The molecule has 0 bridgehead atoms. The van der Waals surface area contributed by atoms with Crippen molar-refractivity contribution in [2.24, 2.45) is 0 Å². The van der Waals surface area contributed by atoms with Gasteiger partial charge in [0.05, 0.1) is 12.2 Å². The van der Waals surface area contributed by atoms with Crippen LogP contribution in [0.4, 0.5) is 0 Å². The minimum atomic E-state index is 0.678. The summed E-state index contributed by atoms with van der Waals surface area (Å²) in [4.78, 5) is 0. The van der Waals surface area contributed by atoms with Crippen molar-refractivity contribution in [3.63, 3.8) is 0 Å². The standard InChI is InChI=1S/C12H13NO.C2H6/c1-2-9-5-6-10(8-13)12-11(9)4-3-7-14-12;1-2/h5-6H,2-4,7H2,1H3;1-2H3. The van der Waals surface area contributed by atoms with Gasteiger partial charge < -0.3 is 4.74 Å². The fraction of sp³-hybridized carbons (Fsp3) is 0.500. The minimum absolute atomic E-state index is 0.678. The Kier molecular flexibility index (Phi) is 4.85. The summed E-state index contributed by atoms with van der Waals surface area (Å²) in [5.41, 5.74) is 3.24. The van der Waals surface area contributed by atoms with E-state index in [2.05, 4.69) is 13.0 Å². The van der Waals surface area contributed by atoms with E-state index >= 15 is 0 Å². The van der Waals surface area contributed by atoms with Crippen LogP contribution < -0.4 is 4.74 Å². The van der Waals surface area contributed by atoms with Crippen LogP contribution in [0, 0.1) is 11.3 Å². The molecule has 1 aromatic rings. The Labute approximate surface area is 97.9 Å². The highest BCUT2D eigenvalue weighted by molar-refractivity contribution is 5.52. The molecule has 2 heteroatoms. The molecule has 0 unspecified atom stereocenters. The van der Waals surface area contributed by atoms with Crippen LogP contribution in [-0.4, -0.2) is 6.61 Å². The molecule has 0 radical (unpaired) electrons.